The van der Waals surface area contributed by atoms with Crippen molar-refractivity contribution in [3.63, 3.8) is 0 Å². The van der Waals surface area contributed by atoms with Crippen molar-refractivity contribution < 1.29 is 4.79 Å². The molecule has 27 heavy (non-hydrogen) atoms. The molecular formula is C20H21N3O3S. The number of hydrogen-bond donors (Lipinski definition) is 2. The number of rotatable bonds is 7. The van der Waals surface area contributed by atoms with Crippen LogP contribution in [0.3, 0.4) is 0 Å². The van der Waals surface area contributed by atoms with Crippen LogP contribution in [-0.2, 0) is 11.3 Å². The number of thioether (sulfide) groups is 1. The number of nitrogens with one attached hydrogen (secondary N) is 2. The number of fused-ring (bicyclic) bond motifs is 1. The number of aryl methyl sites for hydroxylation is 2. The van der Waals surface area contributed by atoms with E-state index in [0.717, 1.165) is 5.75 Å². The minimum absolute atomic E-state index is 0.123. The molecule has 0 unspecified atom stereocenters. The summed E-state index contributed by atoms with van der Waals surface area (Å²) in [6.07, 6.45) is 0.172. The van der Waals surface area contributed by atoms with Crippen molar-refractivity contribution in [3.05, 3.63) is 74.9 Å². The van der Waals surface area contributed by atoms with E-state index in [1.165, 1.54) is 15.0 Å². The molecule has 0 radical (unpaired) electrons. The molecule has 3 aromatic rings. The molecule has 3 rings (SSSR count). The van der Waals surface area contributed by atoms with Crippen molar-refractivity contribution in [1.29, 1.82) is 0 Å². The summed E-state index contributed by atoms with van der Waals surface area (Å²) in [5, 5.41) is 3.30. The van der Waals surface area contributed by atoms with E-state index in [4.69, 9.17) is 0 Å². The average molecular weight is 383 g/mol. The zero-order valence-corrected chi connectivity index (χ0v) is 15.8. The van der Waals surface area contributed by atoms with Gasteiger partial charge in [-0.15, -0.1) is 11.8 Å². The number of aromatic amines is 1. The highest BCUT2D eigenvalue weighted by Crippen LogP contribution is 2.17. The van der Waals surface area contributed by atoms with Crippen molar-refractivity contribution in [1.82, 2.24) is 14.9 Å². The molecule has 0 aliphatic rings. The Morgan fingerprint density at radius 1 is 1.11 bits per heavy atom. The maximum atomic E-state index is 12.1. The Bertz CT molecular complexity index is 1050. The smallest absolute Gasteiger partial charge is 0.328 e. The lowest BCUT2D eigenvalue weighted by Crippen LogP contribution is -2.33. The third-order valence-corrected chi connectivity index (χ3v) is 5.20. The van der Waals surface area contributed by atoms with Crippen molar-refractivity contribution in [2.24, 2.45) is 0 Å². The molecule has 1 heterocycles. The summed E-state index contributed by atoms with van der Waals surface area (Å²) in [7, 11) is 0. The van der Waals surface area contributed by atoms with Gasteiger partial charge >= 0.3 is 5.69 Å². The fourth-order valence-corrected chi connectivity index (χ4v) is 3.53. The number of nitrogens with zero attached hydrogens (tertiary/aromatic N) is 1. The number of aromatic nitrogens is 2. The predicted molar refractivity (Wildman–Crippen MR) is 108 cm³/mol. The lowest BCUT2D eigenvalue weighted by molar-refractivity contribution is -0.121. The van der Waals surface area contributed by atoms with Crippen LogP contribution in [0, 0.1) is 6.92 Å². The molecule has 2 aromatic carbocycles. The summed E-state index contributed by atoms with van der Waals surface area (Å²) in [4.78, 5) is 39.5. The van der Waals surface area contributed by atoms with Crippen LogP contribution in [0.1, 0.15) is 12.0 Å². The summed E-state index contributed by atoms with van der Waals surface area (Å²) in [6.45, 7) is 2.82. The molecule has 7 heteroatoms. The zero-order chi connectivity index (χ0) is 19.2. The van der Waals surface area contributed by atoms with Gasteiger partial charge < -0.3 is 5.32 Å². The number of hydrogen-bond acceptors (Lipinski definition) is 4. The van der Waals surface area contributed by atoms with Crippen LogP contribution in [0.25, 0.3) is 10.9 Å². The first kappa shape index (κ1) is 19.0. The maximum Gasteiger partial charge on any atom is 0.328 e. The molecule has 140 valence electrons. The van der Waals surface area contributed by atoms with Crippen LogP contribution in [-0.4, -0.2) is 27.8 Å². The Hall–Kier alpha value is -2.80. The van der Waals surface area contributed by atoms with Gasteiger partial charge in [-0.05, 0) is 31.2 Å². The average Bonchev–Trinajstić information content (AvgIpc) is 2.66. The van der Waals surface area contributed by atoms with Crippen LogP contribution >= 0.6 is 11.8 Å². The van der Waals surface area contributed by atoms with Crippen LogP contribution in [0.5, 0.6) is 0 Å². The summed E-state index contributed by atoms with van der Waals surface area (Å²) in [6, 6.07) is 15.1. The van der Waals surface area contributed by atoms with E-state index in [2.05, 4.69) is 34.6 Å². The molecule has 6 nitrogen and oxygen atoms in total. The molecular weight excluding hydrogens is 362 g/mol. The topological polar surface area (TPSA) is 84.0 Å². The molecule has 0 saturated heterocycles. The largest absolute Gasteiger partial charge is 0.355 e. The summed E-state index contributed by atoms with van der Waals surface area (Å²) in [5.74, 6) is 0.651. The molecule has 0 fully saturated rings. The number of para-hydroxylation sites is 1. The SMILES string of the molecule is Cc1ccc(SCCNC(=O)CCn2c(=O)[nH]c(=O)c3ccccc32)cc1. The molecule has 0 spiro atoms. The Kier molecular flexibility index (Phi) is 6.13. The van der Waals surface area contributed by atoms with Crippen molar-refractivity contribution in [2.75, 3.05) is 12.3 Å². The van der Waals surface area contributed by atoms with Gasteiger partial charge in [0.05, 0.1) is 10.9 Å². The van der Waals surface area contributed by atoms with Crippen LogP contribution in [0.4, 0.5) is 0 Å². The van der Waals surface area contributed by atoms with E-state index in [1.807, 2.05) is 6.92 Å². The quantitative estimate of drug-likeness (QED) is 0.484. The second-order valence-corrected chi connectivity index (χ2v) is 7.36. The third kappa shape index (κ3) is 4.89. The van der Waals surface area contributed by atoms with Crippen molar-refractivity contribution in [3.8, 4) is 0 Å². The summed E-state index contributed by atoms with van der Waals surface area (Å²) < 4.78 is 1.43. The van der Waals surface area contributed by atoms with Crippen LogP contribution in [0.2, 0.25) is 0 Å². The van der Waals surface area contributed by atoms with Gasteiger partial charge in [0, 0.05) is 30.2 Å². The number of amides is 1. The Balaban J connectivity index is 1.52. The minimum atomic E-state index is -0.499. The molecule has 0 aliphatic carbocycles. The molecule has 1 amide bonds. The van der Waals surface area contributed by atoms with Gasteiger partial charge in [-0.1, -0.05) is 29.8 Å². The van der Waals surface area contributed by atoms with Gasteiger partial charge in [0.2, 0.25) is 5.91 Å². The first-order valence-electron chi connectivity index (χ1n) is 8.72. The lowest BCUT2D eigenvalue weighted by Gasteiger charge is -2.10. The van der Waals surface area contributed by atoms with E-state index < -0.39 is 11.2 Å². The highest BCUT2D eigenvalue weighted by atomic mass is 32.2. The second-order valence-electron chi connectivity index (χ2n) is 6.19. The lowest BCUT2D eigenvalue weighted by atomic mass is 10.2. The van der Waals surface area contributed by atoms with Crippen molar-refractivity contribution in [2.45, 2.75) is 24.8 Å². The van der Waals surface area contributed by atoms with E-state index in [0.29, 0.717) is 17.4 Å². The number of carbonyl (C=O) groups excluding carboxylic acids is 1. The molecule has 0 bridgehead atoms. The fourth-order valence-electron chi connectivity index (χ4n) is 2.76. The molecule has 0 atom stereocenters. The van der Waals surface area contributed by atoms with Crippen LogP contribution in [0.15, 0.2) is 63.0 Å². The Morgan fingerprint density at radius 3 is 2.63 bits per heavy atom. The number of carbonyl (C=O) groups is 1. The number of H-pyrrole nitrogens is 1. The summed E-state index contributed by atoms with van der Waals surface area (Å²) in [5.41, 5.74) is 0.845. The molecule has 0 aliphatic heterocycles. The Morgan fingerprint density at radius 2 is 1.85 bits per heavy atom. The van der Waals surface area contributed by atoms with Gasteiger partial charge in [-0.2, -0.15) is 0 Å². The van der Waals surface area contributed by atoms with E-state index in [-0.39, 0.29) is 18.9 Å². The molecule has 0 saturated carbocycles. The van der Waals surface area contributed by atoms with Gasteiger partial charge in [0.25, 0.3) is 5.56 Å². The van der Waals surface area contributed by atoms with Gasteiger partial charge in [0.15, 0.2) is 0 Å². The first-order chi connectivity index (χ1) is 13.0. The van der Waals surface area contributed by atoms with Gasteiger partial charge in [-0.25, -0.2) is 4.79 Å². The fraction of sp³-hybridized carbons (Fsp3) is 0.250. The van der Waals surface area contributed by atoms with Crippen LogP contribution < -0.4 is 16.6 Å². The van der Waals surface area contributed by atoms with Crippen molar-refractivity contribution >= 4 is 28.6 Å². The minimum Gasteiger partial charge on any atom is -0.355 e. The predicted octanol–water partition coefficient (Wildman–Crippen LogP) is 2.30. The highest BCUT2D eigenvalue weighted by molar-refractivity contribution is 7.99. The first-order valence-corrected chi connectivity index (χ1v) is 9.71. The molecule has 2 N–H and O–H groups in total. The van der Waals surface area contributed by atoms with Gasteiger partial charge in [0.1, 0.15) is 0 Å². The van der Waals surface area contributed by atoms with E-state index in [1.54, 1.807) is 36.0 Å². The zero-order valence-electron chi connectivity index (χ0n) is 15.0. The normalized spacial score (nSPS) is 10.9. The Labute approximate surface area is 160 Å². The standard InChI is InChI=1S/C20H21N3O3S/c1-14-6-8-15(9-7-14)27-13-11-21-18(24)10-12-23-17-5-3-2-4-16(17)19(25)22-20(23)26/h2-9H,10-13H2,1H3,(H,21,24)(H,22,25,26). The van der Waals surface area contributed by atoms with Gasteiger partial charge in [-0.3, -0.25) is 19.1 Å². The number of benzene rings is 2. The summed E-state index contributed by atoms with van der Waals surface area (Å²) >= 11 is 1.68. The monoisotopic (exact) mass is 383 g/mol. The van der Waals surface area contributed by atoms with E-state index >= 15 is 0 Å². The maximum absolute atomic E-state index is 12.1. The highest BCUT2D eigenvalue weighted by Gasteiger charge is 2.08. The second kappa shape index (κ2) is 8.73. The van der Waals surface area contributed by atoms with E-state index in [9.17, 15) is 14.4 Å². The molecule has 1 aromatic heterocycles. The third-order valence-electron chi connectivity index (χ3n) is 4.18.